The van der Waals surface area contributed by atoms with Gasteiger partial charge in [0.15, 0.2) is 0 Å². The van der Waals surface area contributed by atoms with Gasteiger partial charge in [-0.1, -0.05) is 69.9 Å². The molecule has 0 atom stereocenters. The predicted molar refractivity (Wildman–Crippen MR) is 138 cm³/mol. The highest BCUT2D eigenvalue weighted by molar-refractivity contribution is 4.98. The molecule has 0 aromatic rings. The fraction of sp³-hybridized carbons (Fsp3) is 0.917. The maximum Gasteiger partial charge on any atom is 0.0184 e. The third-order valence-electron chi connectivity index (χ3n) is 4.05. The molecule has 1 aliphatic rings. The molecule has 178 valence electrons. The van der Waals surface area contributed by atoms with E-state index < -0.39 is 0 Å². The SMILES string of the molecule is C.C.C.CC.CC.CC.CCN(C)/C(C)=C\CN1CCN(CCN(C)C)CC1. The molecule has 1 aliphatic heterocycles. The van der Waals surface area contributed by atoms with Gasteiger partial charge in [-0.25, -0.2) is 0 Å². The molecule has 0 aromatic carbocycles. The molecule has 0 amide bonds. The molecular formula is C24H62N4. The first-order chi connectivity index (χ1) is 12.0. The van der Waals surface area contributed by atoms with Crippen LogP contribution in [0.3, 0.4) is 0 Å². The highest BCUT2D eigenvalue weighted by Gasteiger charge is 2.15. The van der Waals surface area contributed by atoms with Crippen LogP contribution in [0, 0.1) is 0 Å². The molecule has 1 fully saturated rings. The lowest BCUT2D eigenvalue weighted by Gasteiger charge is -2.34. The topological polar surface area (TPSA) is 13.0 Å². The Morgan fingerprint density at radius 3 is 1.54 bits per heavy atom. The third kappa shape index (κ3) is 23.5. The van der Waals surface area contributed by atoms with Crippen molar-refractivity contribution in [3.05, 3.63) is 11.8 Å². The van der Waals surface area contributed by atoms with E-state index in [0.29, 0.717) is 0 Å². The van der Waals surface area contributed by atoms with Gasteiger partial charge in [-0.05, 0) is 27.9 Å². The summed E-state index contributed by atoms with van der Waals surface area (Å²) in [5.41, 5.74) is 1.39. The maximum absolute atomic E-state index is 2.57. The average molecular weight is 407 g/mol. The van der Waals surface area contributed by atoms with Crippen molar-refractivity contribution in [1.82, 2.24) is 19.6 Å². The number of allylic oxidation sites excluding steroid dienone is 1. The number of nitrogens with zero attached hydrogens (tertiary/aromatic N) is 4. The number of hydrogen-bond acceptors (Lipinski definition) is 4. The molecule has 0 N–H and O–H groups in total. The summed E-state index contributed by atoms with van der Waals surface area (Å²) < 4.78 is 0. The molecule has 0 unspecified atom stereocenters. The molecule has 1 saturated heterocycles. The Morgan fingerprint density at radius 1 is 0.786 bits per heavy atom. The second-order valence-corrected chi connectivity index (χ2v) is 5.81. The van der Waals surface area contributed by atoms with Gasteiger partial charge in [-0.3, -0.25) is 9.80 Å². The van der Waals surface area contributed by atoms with Gasteiger partial charge in [0.05, 0.1) is 0 Å². The van der Waals surface area contributed by atoms with Crippen molar-refractivity contribution in [3.63, 3.8) is 0 Å². The van der Waals surface area contributed by atoms with Crippen LogP contribution in [-0.4, -0.2) is 93.1 Å². The molecule has 1 rings (SSSR count). The van der Waals surface area contributed by atoms with Crippen molar-refractivity contribution < 1.29 is 0 Å². The molecule has 4 heteroatoms. The summed E-state index contributed by atoms with van der Waals surface area (Å²) in [4.78, 5) is 9.69. The fourth-order valence-corrected chi connectivity index (χ4v) is 2.20. The van der Waals surface area contributed by atoms with Gasteiger partial charge >= 0.3 is 0 Å². The van der Waals surface area contributed by atoms with E-state index in [1.165, 1.54) is 45.0 Å². The van der Waals surface area contributed by atoms with E-state index in [1.807, 2.05) is 41.5 Å². The van der Waals surface area contributed by atoms with Crippen molar-refractivity contribution in [2.75, 3.05) is 73.5 Å². The van der Waals surface area contributed by atoms with Gasteiger partial charge in [0, 0.05) is 65.1 Å². The standard InChI is InChI=1S/C15H32N4.3C2H6.3CH4/c1-6-17(5)15(2)7-8-18-11-13-19(14-12-18)10-9-16(3)4;3*1-2;;;/h7H,6,8-14H2,1-5H3;3*1-2H3;3*1H4/b15-7-;;;;;;. The van der Waals surface area contributed by atoms with Gasteiger partial charge in [0.2, 0.25) is 0 Å². The third-order valence-corrected chi connectivity index (χ3v) is 4.05. The Morgan fingerprint density at radius 2 is 1.18 bits per heavy atom. The number of rotatable bonds is 7. The van der Waals surface area contributed by atoms with Crippen LogP contribution in [0.25, 0.3) is 0 Å². The summed E-state index contributed by atoms with van der Waals surface area (Å²) in [5.74, 6) is 0. The first-order valence-corrected chi connectivity index (χ1v) is 10.5. The van der Waals surface area contributed by atoms with E-state index in [4.69, 9.17) is 0 Å². The maximum atomic E-state index is 2.57. The molecule has 0 bridgehead atoms. The summed E-state index contributed by atoms with van der Waals surface area (Å²) in [6.07, 6.45) is 2.36. The minimum absolute atomic E-state index is 0. The summed E-state index contributed by atoms with van der Waals surface area (Å²) in [6, 6.07) is 0. The lowest BCUT2D eigenvalue weighted by atomic mass is 10.3. The minimum Gasteiger partial charge on any atom is -0.379 e. The molecule has 1 heterocycles. The molecule has 0 spiro atoms. The normalized spacial score (nSPS) is 13.6. The van der Waals surface area contributed by atoms with Crippen LogP contribution >= 0.6 is 0 Å². The minimum atomic E-state index is 0. The number of piperazine rings is 1. The largest absolute Gasteiger partial charge is 0.379 e. The van der Waals surface area contributed by atoms with Crippen LogP contribution in [0.2, 0.25) is 0 Å². The van der Waals surface area contributed by atoms with E-state index in [0.717, 1.165) is 13.1 Å². The van der Waals surface area contributed by atoms with Crippen molar-refractivity contribution in [2.24, 2.45) is 0 Å². The summed E-state index contributed by atoms with van der Waals surface area (Å²) >= 11 is 0. The van der Waals surface area contributed by atoms with Crippen molar-refractivity contribution in [3.8, 4) is 0 Å². The second-order valence-electron chi connectivity index (χ2n) is 5.81. The Balaban J connectivity index is -0.000000122. The van der Waals surface area contributed by atoms with Crippen LogP contribution in [0.1, 0.15) is 77.7 Å². The van der Waals surface area contributed by atoms with Gasteiger partial charge in [0.1, 0.15) is 0 Å². The zero-order valence-corrected chi connectivity index (χ0v) is 19.5. The van der Waals surface area contributed by atoms with Gasteiger partial charge in [0.25, 0.3) is 0 Å². The lowest BCUT2D eigenvalue weighted by Crippen LogP contribution is -2.48. The molecule has 0 aliphatic carbocycles. The Bertz CT molecular complexity index is 270. The van der Waals surface area contributed by atoms with Gasteiger partial charge < -0.3 is 9.80 Å². The molecule has 0 radical (unpaired) electrons. The molecule has 0 aromatic heterocycles. The number of hydrogen-bond donors (Lipinski definition) is 0. The quantitative estimate of drug-likeness (QED) is 0.513. The molecular weight excluding hydrogens is 344 g/mol. The fourth-order valence-electron chi connectivity index (χ4n) is 2.20. The zero-order chi connectivity index (χ0) is 20.3. The highest BCUT2D eigenvalue weighted by Crippen LogP contribution is 2.04. The lowest BCUT2D eigenvalue weighted by molar-refractivity contribution is 0.134. The molecule has 28 heavy (non-hydrogen) atoms. The van der Waals surface area contributed by atoms with Gasteiger partial charge in [-0.15, -0.1) is 0 Å². The summed E-state index contributed by atoms with van der Waals surface area (Å²) in [5, 5.41) is 0. The molecule has 4 nitrogen and oxygen atoms in total. The van der Waals surface area contributed by atoms with E-state index in [-0.39, 0.29) is 22.3 Å². The van der Waals surface area contributed by atoms with E-state index in [2.05, 4.69) is 60.7 Å². The Kier molecular flexibility index (Phi) is 46.4. The van der Waals surface area contributed by atoms with E-state index in [9.17, 15) is 0 Å². The van der Waals surface area contributed by atoms with Crippen LogP contribution in [0.4, 0.5) is 0 Å². The van der Waals surface area contributed by atoms with E-state index >= 15 is 0 Å². The van der Waals surface area contributed by atoms with Gasteiger partial charge in [-0.2, -0.15) is 0 Å². The Labute approximate surface area is 183 Å². The van der Waals surface area contributed by atoms with Crippen LogP contribution < -0.4 is 0 Å². The number of likely N-dealkylation sites (N-methyl/N-ethyl adjacent to an activating group) is 1. The average Bonchev–Trinajstić information content (AvgIpc) is 2.69. The highest BCUT2D eigenvalue weighted by atomic mass is 15.3. The molecule has 0 saturated carbocycles. The van der Waals surface area contributed by atoms with E-state index in [1.54, 1.807) is 0 Å². The zero-order valence-electron chi connectivity index (χ0n) is 19.5. The monoisotopic (exact) mass is 406 g/mol. The first-order valence-electron chi connectivity index (χ1n) is 10.5. The van der Waals surface area contributed by atoms with Crippen LogP contribution in [0.5, 0.6) is 0 Å². The van der Waals surface area contributed by atoms with Crippen molar-refractivity contribution >= 4 is 0 Å². The van der Waals surface area contributed by atoms with Crippen molar-refractivity contribution in [1.29, 1.82) is 0 Å². The second kappa shape index (κ2) is 31.1. The van der Waals surface area contributed by atoms with Crippen LogP contribution in [-0.2, 0) is 0 Å². The predicted octanol–water partition coefficient (Wildman–Crippen LogP) is 6.01. The Hall–Kier alpha value is -0.580. The van der Waals surface area contributed by atoms with Crippen LogP contribution in [0.15, 0.2) is 11.8 Å². The smallest absolute Gasteiger partial charge is 0.0184 e. The summed E-state index contributed by atoms with van der Waals surface area (Å²) in [7, 11) is 6.45. The van der Waals surface area contributed by atoms with Crippen molar-refractivity contribution in [2.45, 2.75) is 77.7 Å². The first kappa shape index (κ1) is 41.7. The summed E-state index contributed by atoms with van der Waals surface area (Å²) in [6.45, 7) is 25.8.